The minimum Gasteiger partial charge on any atom is -0.496 e. The van der Waals surface area contributed by atoms with Crippen LogP contribution in [0.1, 0.15) is 5.76 Å². The molecule has 0 spiro atoms. The van der Waals surface area contributed by atoms with Gasteiger partial charge in [0.2, 0.25) is 0 Å². The highest BCUT2D eigenvalue weighted by Crippen LogP contribution is 2.35. The zero-order valence-corrected chi connectivity index (χ0v) is 13.2. The quantitative estimate of drug-likeness (QED) is 0.499. The minimum atomic E-state index is -0.500. The fourth-order valence-corrected chi connectivity index (χ4v) is 2.83. The summed E-state index contributed by atoms with van der Waals surface area (Å²) in [6, 6.07) is 7.48. The molecule has 8 nitrogen and oxygen atoms in total. The zero-order valence-electron chi connectivity index (χ0n) is 12.4. The van der Waals surface area contributed by atoms with E-state index in [2.05, 4.69) is 5.32 Å². The van der Waals surface area contributed by atoms with Gasteiger partial charge >= 0.3 is 0 Å². The van der Waals surface area contributed by atoms with Gasteiger partial charge in [-0.15, -0.1) is 0 Å². The van der Waals surface area contributed by atoms with Gasteiger partial charge in [0.1, 0.15) is 17.3 Å². The largest absolute Gasteiger partial charge is 0.496 e. The molecule has 1 aromatic carbocycles. The van der Waals surface area contributed by atoms with Crippen molar-refractivity contribution in [2.24, 2.45) is 0 Å². The van der Waals surface area contributed by atoms with Crippen molar-refractivity contribution in [3.63, 3.8) is 0 Å². The number of methoxy groups -OCH3 is 1. The maximum absolute atomic E-state index is 11.6. The SMILES string of the molecule is COc1ccc([N+](=O)[O-])cc1-c1ccc(/C=C2\SC(=N)NC2=O)o1. The molecule has 2 N–H and O–H groups in total. The molecule has 3 rings (SSSR count). The molecule has 0 atom stereocenters. The van der Waals surface area contributed by atoms with E-state index in [1.54, 1.807) is 12.1 Å². The first-order valence-corrected chi connectivity index (χ1v) is 7.51. The Morgan fingerprint density at radius 1 is 1.38 bits per heavy atom. The van der Waals surface area contributed by atoms with E-state index in [1.165, 1.54) is 31.4 Å². The molecule has 0 radical (unpaired) electrons. The number of nitro benzene ring substituents is 1. The summed E-state index contributed by atoms with van der Waals surface area (Å²) in [4.78, 5) is 22.4. The van der Waals surface area contributed by atoms with E-state index in [0.29, 0.717) is 27.7 Å². The van der Waals surface area contributed by atoms with Crippen molar-refractivity contribution in [1.82, 2.24) is 5.32 Å². The lowest BCUT2D eigenvalue weighted by Gasteiger charge is -2.05. The number of amidine groups is 1. The number of rotatable bonds is 4. The van der Waals surface area contributed by atoms with Gasteiger partial charge in [0.05, 0.1) is 22.5 Å². The van der Waals surface area contributed by atoms with Gasteiger partial charge < -0.3 is 14.5 Å². The second-order valence-electron chi connectivity index (χ2n) is 4.74. The number of hydrogen-bond acceptors (Lipinski definition) is 7. The number of furan rings is 1. The van der Waals surface area contributed by atoms with Crippen LogP contribution in [-0.4, -0.2) is 23.1 Å². The fraction of sp³-hybridized carbons (Fsp3) is 0.0667. The summed E-state index contributed by atoms with van der Waals surface area (Å²) in [5.41, 5.74) is 0.355. The molecule has 0 bridgehead atoms. The zero-order chi connectivity index (χ0) is 17.3. The topological polar surface area (TPSA) is 118 Å². The van der Waals surface area contributed by atoms with Crippen LogP contribution in [0.3, 0.4) is 0 Å². The summed E-state index contributed by atoms with van der Waals surface area (Å²) in [7, 11) is 1.46. The highest BCUT2D eigenvalue weighted by Gasteiger charge is 2.23. The van der Waals surface area contributed by atoms with Crippen LogP contribution in [0, 0.1) is 15.5 Å². The van der Waals surface area contributed by atoms with Crippen molar-refractivity contribution >= 4 is 34.6 Å². The number of carbonyl (C=O) groups is 1. The monoisotopic (exact) mass is 345 g/mol. The average molecular weight is 345 g/mol. The van der Waals surface area contributed by atoms with Gasteiger partial charge in [-0.05, 0) is 30.0 Å². The van der Waals surface area contributed by atoms with Crippen molar-refractivity contribution in [2.75, 3.05) is 7.11 Å². The van der Waals surface area contributed by atoms with Crippen LogP contribution >= 0.6 is 11.8 Å². The number of carbonyl (C=O) groups excluding carboxylic acids is 1. The smallest absolute Gasteiger partial charge is 0.270 e. The van der Waals surface area contributed by atoms with Crippen molar-refractivity contribution in [3.05, 3.63) is 51.1 Å². The Bertz CT molecular complexity index is 887. The molecule has 0 aliphatic carbocycles. The number of benzene rings is 1. The van der Waals surface area contributed by atoms with Crippen molar-refractivity contribution in [3.8, 4) is 17.1 Å². The predicted octanol–water partition coefficient (Wildman–Crippen LogP) is 3.00. The molecule has 2 heterocycles. The van der Waals surface area contributed by atoms with Crippen LogP contribution in [0.15, 0.2) is 39.7 Å². The number of ether oxygens (including phenoxy) is 1. The van der Waals surface area contributed by atoms with Crippen LogP contribution < -0.4 is 10.1 Å². The predicted molar refractivity (Wildman–Crippen MR) is 88.8 cm³/mol. The van der Waals surface area contributed by atoms with E-state index in [9.17, 15) is 14.9 Å². The molecule has 1 saturated heterocycles. The second-order valence-corrected chi connectivity index (χ2v) is 5.79. The summed E-state index contributed by atoms with van der Waals surface area (Å²) in [6.07, 6.45) is 1.51. The van der Waals surface area contributed by atoms with E-state index in [1.807, 2.05) is 0 Å². The Morgan fingerprint density at radius 2 is 2.17 bits per heavy atom. The first kappa shape index (κ1) is 15.8. The number of amides is 1. The minimum absolute atomic E-state index is 0.0541. The lowest BCUT2D eigenvalue weighted by atomic mass is 10.1. The Morgan fingerprint density at radius 3 is 2.79 bits per heavy atom. The molecule has 2 aromatic rings. The van der Waals surface area contributed by atoms with Gasteiger partial charge in [-0.25, -0.2) is 0 Å². The number of nitrogens with zero attached hydrogens (tertiary/aromatic N) is 1. The summed E-state index contributed by atoms with van der Waals surface area (Å²) in [5, 5.41) is 20.8. The lowest BCUT2D eigenvalue weighted by molar-refractivity contribution is -0.384. The van der Waals surface area contributed by atoms with Crippen LogP contribution in [0.5, 0.6) is 5.75 Å². The van der Waals surface area contributed by atoms with Crippen molar-refractivity contribution in [2.45, 2.75) is 0 Å². The Labute approximate surface area is 140 Å². The van der Waals surface area contributed by atoms with Gasteiger partial charge in [-0.2, -0.15) is 0 Å². The van der Waals surface area contributed by atoms with E-state index >= 15 is 0 Å². The van der Waals surface area contributed by atoms with Gasteiger partial charge in [-0.1, -0.05) is 0 Å². The fourth-order valence-electron chi connectivity index (χ4n) is 2.15. The number of nitro groups is 1. The molecule has 1 fully saturated rings. The summed E-state index contributed by atoms with van der Waals surface area (Å²) >= 11 is 0.997. The molecule has 1 aliphatic heterocycles. The molecule has 1 amide bonds. The van der Waals surface area contributed by atoms with Crippen LogP contribution in [-0.2, 0) is 4.79 Å². The molecule has 1 aromatic heterocycles. The van der Waals surface area contributed by atoms with Crippen LogP contribution in [0.4, 0.5) is 5.69 Å². The Hall–Kier alpha value is -3.07. The summed E-state index contributed by atoms with van der Waals surface area (Å²) < 4.78 is 10.9. The van der Waals surface area contributed by atoms with Gasteiger partial charge in [0.25, 0.3) is 11.6 Å². The summed E-state index contributed by atoms with van der Waals surface area (Å²) in [6.45, 7) is 0. The molecule has 24 heavy (non-hydrogen) atoms. The molecule has 1 aliphatic rings. The first-order chi connectivity index (χ1) is 11.5. The number of thioether (sulfide) groups is 1. The van der Waals surface area contributed by atoms with E-state index in [4.69, 9.17) is 14.6 Å². The third-order valence-corrected chi connectivity index (χ3v) is 4.05. The maximum Gasteiger partial charge on any atom is 0.270 e. The molecular weight excluding hydrogens is 334 g/mol. The standard InChI is InChI=1S/C15H11N3O5S/c1-22-11-4-2-8(18(20)21)6-10(11)12-5-3-9(23-12)7-13-14(19)17-15(16)24-13/h2-7H,1H3,(H2,16,17,19)/b13-7-. The normalized spacial score (nSPS) is 15.6. The Balaban J connectivity index is 1.97. The van der Waals surface area contributed by atoms with Crippen molar-refractivity contribution < 1.29 is 18.9 Å². The molecule has 0 unspecified atom stereocenters. The van der Waals surface area contributed by atoms with E-state index < -0.39 is 4.92 Å². The molecular formula is C15H11N3O5S. The first-order valence-electron chi connectivity index (χ1n) is 6.70. The van der Waals surface area contributed by atoms with Crippen molar-refractivity contribution in [1.29, 1.82) is 5.41 Å². The summed E-state index contributed by atoms with van der Waals surface area (Å²) in [5.74, 6) is 0.839. The van der Waals surface area contributed by atoms with Gasteiger partial charge in [-0.3, -0.25) is 20.3 Å². The van der Waals surface area contributed by atoms with Gasteiger partial charge in [0, 0.05) is 18.2 Å². The highest BCUT2D eigenvalue weighted by molar-refractivity contribution is 8.18. The highest BCUT2D eigenvalue weighted by atomic mass is 32.2. The van der Waals surface area contributed by atoms with Gasteiger partial charge in [0.15, 0.2) is 5.17 Å². The third kappa shape index (κ3) is 3.01. The Kier molecular flexibility index (Phi) is 4.09. The number of hydrogen-bond donors (Lipinski definition) is 2. The number of non-ortho nitro benzene ring substituents is 1. The molecule has 0 saturated carbocycles. The average Bonchev–Trinajstić information content (AvgIpc) is 3.13. The molecule has 9 heteroatoms. The second kappa shape index (κ2) is 6.20. The maximum atomic E-state index is 11.6. The lowest BCUT2D eigenvalue weighted by Crippen LogP contribution is -2.18. The van der Waals surface area contributed by atoms with E-state index in [0.717, 1.165) is 11.8 Å². The van der Waals surface area contributed by atoms with Crippen LogP contribution in [0.25, 0.3) is 17.4 Å². The molecule has 122 valence electrons. The number of nitrogens with one attached hydrogen (secondary N) is 2. The van der Waals surface area contributed by atoms with Crippen LogP contribution in [0.2, 0.25) is 0 Å². The third-order valence-electron chi connectivity index (χ3n) is 3.22. The van der Waals surface area contributed by atoms with E-state index in [-0.39, 0.29) is 16.8 Å².